The molecule has 0 aliphatic heterocycles. The lowest BCUT2D eigenvalue weighted by molar-refractivity contribution is 0.415. The average Bonchev–Trinajstić information content (AvgIpc) is 3.17. The summed E-state index contributed by atoms with van der Waals surface area (Å²) in [5, 5.41) is 5.85. The van der Waals surface area contributed by atoms with Gasteiger partial charge < -0.3 is 10.1 Å². The molecular formula is C20H21NOS2. The molecule has 0 aliphatic rings. The van der Waals surface area contributed by atoms with E-state index in [4.69, 9.17) is 4.74 Å². The summed E-state index contributed by atoms with van der Waals surface area (Å²) < 4.78 is 5.25. The quantitative estimate of drug-likeness (QED) is 0.535. The van der Waals surface area contributed by atoms with Gasteiger partial charge in [-0.25, -0.2) is 0 Å². The molecule has 0 amide bonds. The molecule has 1 atom stereocenters. The van der Waals surface area contributed by atoms with E-state index in [1.165, 1.54) is 9.77 Å². The molecule has 0 radical (unpaired) electrons. The lowest BCUT2D eigenvalue weighted by Gasteiger charge is -2.31. The molecule has 2 nitrogen and oxygen atoms in total. The van der Waals surface area contributed by atoms with Gasteiger partial charge in [-0.2, -0.15) is 0 Å². The number of hydrogen-bond acceptors (Lipinski definition) is 4. The summed E-state index contributed by atoms with van der Waals surface area (Å²) in [4.78, 5) is 2.62. The maximum Gasteiger partial charge on any atom is 0.119 e. The lowest BCUT2D eigenvalue weighted by Crippen LogP contribution is -2.33. The molecule has 0 bridgehead atoms. The van der Waals surface area contributed by atoms with Crippen LogP contribution < -0.4 is 10.1 Å². The van der Waals surface area contributed by atoms with Gasteiger partial charge >= 0.3 is 0 Å². The van der Waals surface area contributed by atoms with Gasteiger partial charge in [0.15, 0.2) is 0 Å². The topological polar surface area (TPSA) is 21.3 Å². The number of ether oxygens (including phenoxy) is 1. The van der Waals surface area contributed by atoms with Crippen molar-refractivity contribution in [3.8, 4) is 5.75 Å². The molecular weight excluding hydrogens is 334 g/mol. The molecule has 0 saturated heterocycles. The van der Waals surface area contributed by atoms with Gasteiger partial charge in [-0.3, -0.25) is 0 Å². The first-order valence-corrected chi connectivity index (χ1v) is 9.70. The summed E-state index contributed by atoms with van der Waals surface area (Å²) in [6.45, 7) is 2.26. The van der Waals surface area contributed by atoms with Crippen molar-refractivity contribution >= 4 is 28.8 Å². The Hall–Kier alpha value is -1.91. The molecule has 0 fully saturated rings. The summed E-state index contributed by atoms with van der Waals surface area (Å²) in [5.41, 5.74) is 0.962. The van der Waals surface area contributed by atoms with Crippen molar-refractivity contribution in [3.05, 3.63) is 77.0 Å². The molecule has 1 unspecified atom stereocenters. The monoisotopic (exact) mass is 355 g/mol. The zero-order valence-corrected chi connectivity index (χ0v) is 15.5. The highest BCUT2D eigenvalue weighted by Crippen LogP contribution is 2.35. The maximum atomic E-state index is 5.25. The fourth-order valence-corrected chi connectivity index (χ4v) is 4.47. The van der Waals surface area contributed by atoms with Gasteiger partial charge in [0, 0.05) is 21.2 Å². The van der Waals surface area contributed by atoms with E-state index in [1.807, 2.05) is 23.9 Å². The van der Waals surface area contributed by atoms with Crippen molar-refractivity contribution in [2.75, 3.05) is 18.2 Å². The molecule has 1 heterocycles. The Morgan fingerprint density at radius 2 is 1.75 bits per heavy atom. The second kappa shape index (κ2) is 7.77. The molecule has 1 aromatic heterocycles. The summed E-state index contributed by atoms with van der Waals surface area (Å²) in [6, 6.07) is 23.0. The summed E-state index contributed by atoms with van der Waals surface area (Å²) in [7, 11) is 1.69. The molecule has 0 aliphatic carbocycles. The van der Waals surface area contributed by atoms with Crippen LogP contribution in [0.4, 0.5) is 5.69 Å². The van der Waals surface area contributed by atoms with E-state index in [0.717, 1.165) is 17.2 Å². The van der Waals surface area contributed by atoms with Crippen molar-refractivity contribution in [2.45, 2.75) is 17.4 Å². The van der Waals surface area contributed by atoms with Crippen molar-refractivity contribution < 1.29 is 4.74 Å². The van der Waals surface area contributed by atoms with Gasteiger partial charge in [0.1, 0.15) is 5.75 Å². The van der Waals surface area contributed by atoms with Crippen LogP contribution in [-0.2, 0) is 5.54 Å². The Labute approximate surface area is 151 Å². The van der Waals surface area contributed by atoms with Gasteiger partial charge in [0.05, 0.1) is 12.6 Å². The normalized spacial score (nSPS) is 13.2. The molecule has 124 valence electrons. The molecule has 4 heteroatoms. The SMILES string of the molecule is COc1ccc(NC(C)(CSc2ccccc2)c2cccs2)cc1. The highest BCUT2D eigenvalue weighted by Gasteiger charge is 2.28. The smallest absolute Gasteiger partial charge is 0.119 e. The highest BCUT2D eigenvalue weighted by atomic mass is 32.2. The van der Waals surface area contributed by atoms with Crippen LogP contribution in [-0.4, -0.2) is 12.9 Å². The number of methoxy groups -OCH3 is 1. The Morgan fingerprint density at radius 1 is 1.00 bits per heavy atom. The predicted molar refractivity (Wildman–Crippen MR) is 105 cm³/mol. The molecule has 0 saturated carbocycles. The van der Waals surface area contributed by atoms with Crippen LogP contribution in [0.5, 0.6) is 5.75 Å². The van der Waals surface area contributed by atoms with Gasteiger partial charge in [0.2, 0.25) is 0 Å². The van der Waals surface area contributed by atoms with E-state index in [9.17, 15) is 0 Å². The largest absolute Gasteiger partial charge is 0.497 e. The zero-order valence-electron chi connectivity index (χ0n) is 13.9. The van der Waals surface area contributed by atoms with Crippen LogP contribution in [0.2, 0.25) is 0 Å². The van der Waals surface area contributed by atoms with E-state index in [-0.39, 0.29) is 5.54 Å². The van der Waals surface area contributed by atoms with Crippen molar-refractivity contribution in [1.82, 2.24) is 0 Å². The molecule has 3 aromatic rings. The number of benzene rings is 2. The molecule has 1 N–H and O–H groups in total. The first-order valence-electron chi connectivity index (χ1n) is 7.84. The second-order valence-corrected chi connectivity index (χ2v) is 7.76. The fraction of sp³-hybridized carbons (Fsp3) is 0.200. The third-order valence-electron chi connectivity index (χ3n) is 3.85. The third-order valence-corrected chi connectivity index (χ3v) is 6.31. The average molecular weight is 356 g/mol. The zero-order chi connectivity index (χ0) is 16.8. The maximum absolute atomic E-state index is 5.25. The highest BCUT2D eigenvalue weighted by molar-refractivity contribution is 7.99. The van der Waals surface area contributed by atoms with E-state index < -0.39 is 0 Å². The number of thioether (sulfide) groups is 1. The molecule has 2 aromatic carbocycles. The van der Waals surface area contributed by atoms with Gasteiger partial charge in [-0.05, 0) is 54.8 Å². The minimum absolute atomic E-state index is 0.136. The minimum atomic E-state index is -0.136. The van der Waals surface area contributed by atoms with E-state index in [1.54, 1.807) is 18.4 Å². The summed E-state index contributed by atoms with van der Waals surface area (Å²) in [6.07, 6.45) is 0. The number of nitrogens with one attached hydrogen (secondary N) is 1. The Balaban J connectivity index is 1.79. The number of rotatable bonds is 7. The number of hydrogen-bond donors (Lipinski definition) is 1. The van der Waals surface area contributed by atoms with E-state index in [0.29, 0.717) is 0 Å². The van der Waals surface area contributed by atoms with Crippen LogP contribution in [0.15, 0.2) is 77.0 Å². The van der Waals surface area contributed by atoms with E-state index >= 15 is 0 Å². The molecule has 3 rings (SSSR count). The van der Waals surface area contributed by atoms with Crippen LogP contribution in [0, 0.1) is 0 Å². The standard InChI is InChI=1S/C20H21NOS2/c1-20(19-9-6-14-23-19,15-24-18-7-4-3-5-8-18)21-16-10-12-17(22-2)13-11-16/h3-14,21H,15H2,1-2H3. The van der Waals surface area contributed by atoms with Gasteiger partial charge in [0.25, 0.3) is 0 Å². The number of thiophene rings is 1. The first-order chi connectivity index (χ1) is 11.7. The predicted octanol–water partition coefficient (Wildman–Crippen LogP) is 5.88. The summed E-state index contributed by atoms with van der Waals surface area (Å²) in [5.74, 6) is 1.82. The van der Waals surface area contributed by atoms with Crippen molar-refractivity contribution in [1.29, 1.82) is 0 Å². The van der Waals surface area contributed by atoms with Gasteiger partial charge in [-0.1, -0.05) is 24.3 Å². The first kappa shape index (κ1) is 16.9. The Kier molecular flexibility index (Phi) is 5.48. The van der Waals surface area contributed by atoms with Crippen LogP contribution in [0.3, 0.4) is 0 Å². The second-order valence-electron chi connectivity index (χ2n) is 5.76. The van der Waals surface area contributed by atoms with Crippen LogP contribution >= 0.6 is 23.1 Å². The Bertz CT molecular complexity index is 741. The van der Waals surface area contributed by atoms with Crippen LogP contribution in [0.25, 0.3) is 0 Å². The fourth-order valence-electron chi connectivity index (χ4n) is 2.50. The number of anilines is 1. The van der Waals surface area contributed by atoms with E-state index in [2.05, 4.69) is 72.2 Å². The molecule has 24 heavy (non-hydrogen) atoms. The van der Waals surface area contributed by atoms with Crippen LogP contribution in [0.1, 0.15) is 11.8 Å². The van der Waals surface area contributed by atoms with Crippen molar-refractivity contribution in [2.24, 2.45) is 0 Å². The molecule has 0 spiro atoms. The minimum Gasteiger partial charge on any atom is -0.497 e. The Morgan fingerprint density at radius 3 is 2.38 bits per heavy atom. The third kappa shape index (κ3) is 4.13. The summed E-state index contributed by atoms with van der Waals surface area (Å²) >= 11 is 3.66. The van der Waals surface area contributed by atoms with Gasteiger partial charge in [-0.15, -0.1) is 23.1 Å². The lowest BCUT2D eigenvalue weighted by atomic mass is 10.0. The van der Waals surface area contributed by atoms with Crippen molar-refractivity contribution in [3.63, 3.8) is 0 Å².